The summed E-state index contributed by atoms with van der Waals surface area (Å²) >= 11 is 0. The van der Waals surface area contributed by atoms with Gasteiger partial charge in [-0.1, -0.05) is 31.0 Å². The maximum Gasteiger partial charge on any atom is 0.249 e. The Labute approximate surface area is 175 Å². The molecule has 1 fully saturated rings. The third-order valence-corrected chi connectivity index (χ3v) is 5.63. The van der Waals surface area contributed by atoms with Crippen molar-refractivity contribution in [3.8, 4) is 17.0 Å². The number of aromatic nitrogens is 2. The zero-order valence-corrected chi connectivity index (χ0v) is 16.6. The fraction of sp³-hybridized carbons (Fsp3) is 0.261. The highest BCUT2D eigenvalue weighted by atomic mass is 16.3. The number of carbonyl (C=O) groups is 1. The SMILES string of the molecule is NC(=O)c1cccc(Nc2cc(-c3cccc(O)c3)ncn2)c1C1CCCCC1N. The molecule has 6 N–H and O–H groups in total. The van der Waals surface area contributed by atoms with Crippen LogP contribution >= 0.6 is 0 Å². The number of benzene rings is 2. The molecule has 1 aliphatic rings. The van der Waals surface area contributed by atoms with Crippen molar-refractivity contribution in [3.05, 3.63) is 66.0 Å². The smallest absolute Gasteiger partial charge is 0.249 e. The predicted molar refractivity (Wildman–Crippen MR) is 117 cm³/mol. The summed E-state index contributed by atoms with van der Waals surface area (Å²) in [6, 6.07) is 14.1. The zero-order valence-electron chi connectivity index (χ0n) is 16.6. The Morgan fingerprint density at radius 3 is 2.63 bits per heavy atom. The number of aromatic hydroxyl groups is 1. The molecule has 1 amide bonds. The lowest BCUT2D eigenvalue weighted by Gasteiger charge is -2.31. The summed E-state index contributed by atoms with van der Waals surface area (Å²) in [4.78, 5) is 20.8. The first kappa shape index (κ1) is 19.8. The molecule has 7 heteroatoms. The van der Waals surface area contributed by atoms with Gasteiger partial charge >= 0.3 is 0 Å². The molecule has 7 nitrogen and oxygen atoms in total. The van der Waals surface area contributed by atoms with Gasteiger partial charge in [-0.15, -0.1) is 0 Å². The van der Waals surface area contributed by atoms with Crippen molar-refractivity contribution in [1.82, 2.24) is 9.97 Å². The second-order valence-corrected chi connectivity index (χ2v) is 7.65. The Balaban J connectivity index is 1.72. The summed E-state index contributed by atoms with van der Waals surface area (Å²) in [5.74, 6) is 0.339. The highest BCUT2D eigenvalue weighted by molar-refractivity contribution is 5.96. The van der Waals surface area contributed by atoms with Crippen molar-refractivity contribution in [2.75, 3.05) is 5.32 Å². The van der Waals surface area contributed by atoms with E-state index in [1.165, 1.54) is 6.33 Å². The van der Waals surface area contributed by atoms with Gasteiger partial charge in [0.25, 0.3) is 0 Å². The molecule has 0 aliphatic heterocycles. The Bertz CT molecular complexity index is 1070. The van der Waals surface area contributed by atoms with Crippen LogP contribution in [0.2, 0.25) is 0 Å². The number of hydrogen-bond acceptors (Lipinski definition) is 6. The molecular weight excluding hydrogens is 378 g/mol. The van der Waals surface area contributed by atoms with Gasteiger partial charge in [-0.25, -0.2) is 9.97 Å². The maximum absolute atomic E-state index is 12.2. The van der Waals surface area contributed by atoms with Crippen molar-refractivity contribution in [3.63, 3.8) is 0 Å². The van der Waals surface area contributed by atoms with Gasteiger partial charge in [0.05, 0.1) is 5.69 Å². The predicted octanol–water partition coefficient (Wildman–Crippen LogP) is 3.68. The van der Waals surface area contributed by atoms with Gasteiger partial charge in [-0.3, -0.25) is 4.79 Å². The molecule has 30 heavy (non-hydrogen) atoms. The molecule has 0 radical (unpaired) electrons. The third-order valence-electron chi connectivity index (χ3n) is 5.63. The zero-order chi connectivity index (χ0) is 21.1. The van der Waals surface area contributed by atoms with Crippen LogP contribution in [0.4, 0.5) is 11.5 Å². The minimum atomic E-state index is -0.463. The Morgan fingerprint density at radius 1 is 1.07 bits per heavy atom. The van der Waals surface area contributed by atoms with Crippen LogP contribution in [-0.4, -0.2) is 27.0 Å². The third kappa shape index (κ3) is 4.11. The van der Waals surface area contributed by atoms with Gasteiger partial charge in [0.2, 0.25) is 5.91 Å². The van der Waals surface area contributed by atoms with Crippen LogP contribution in [-0.2, 0) is 0 Å². The van der Waals surface area contributed by atoms with E-state index < -0.39 is 5.91 Å². The molecule has 2 aromatic carbocycles. The highest BCUT2D eigenvalue weighted by Crippen LogP contribution is 2.39. The monoisotopic (exact) mass is 403 g/mol. The van der Waals surface area contributed by atoms with E-state index in [0.29, 0.717) is 17.1 Å². The van der Waals surface area contributed by atoms with Crippen molar-refractivity contribution >= 4 is 17.4 Å². The molecule has 4 rings (SSSR count). The van der Waals surface area contributed by atoms with E-state index in [9.17, 15) is 9.90 Å². The van der Waals surface area contributed by atoms with Crippen LogP contribution in [0, 0.1) is 0 Å². The first-order chi connectivity index (χ1) is 14.5. The lowest BCUT2D eigenvalue weighted by molar-refractivity contribution is 0.0998. The standard InChI is InChI=1S/C23H25N5O2/c24-18-9-2-1-7-16(18)22-17(23(25)30)8-4-10-19(22)28-21-12-20(26-13-27-21)14-5-3-6-15(29)11-14/h3-6,8,10-13,16,18,29H,1-2,7,9,24H2,(H2,25,30)(H,26,27,28). The average Bonchev–Trinajstić information content (AvgIpc) is 2.74. The van der Waals surface area contributed by atoms with Gasteiger partial charge in [-0.2, -0.15) is 0 Å². The molecule has 3 aromatic rings. The molecule has 2 unspecified atom stereocenters. The number of nitrogens with two attached hydrogens (primary N) is 2. The molecule has 1 aromatic heterocycles. The van der Waals surface area contributed by atoms with Crippen LogP contribution in [0.1, 0.15) is 47.5 Å². The van der Waals surface area contributed by atoms with Gasteiger partial charge in [0, 0.05) is 34.8 Å². The number of hydrogen-bond donors (Lipinski definition) is 4. The highest BCUT2D eigenvalue weighted by Gasteiger charge is 2.29. The van der Waals surface area contributed by atoms with Crippen LogP contribution in [0.5, 0.6) is 5.75 Å². The van der Waals surface area contributed by atoms with Crippen molar-refractivity contribution in [1.29, 1.82) is 0 Å². The van der Waals surface area contributed by atoms with Gasteiger partial charge in [-0.05, 0) is 42.7 Å². The van der Waals surface area contributed by atoms with Crippen LogP contribution in [0.3, 0.4) is 0 Å². The van der Waals surface area contributed by atoms with Gasteiger partial charge in [0.15, 0.2) is 0 Å². The van der Waals surface area contributed by atoms with E-state index in [2.05, 4.69) is 15.3 Å². The summed E-state index contributed by atoms with van der Waals surface area (Å²) < 4.78 is 0. The van der Waals surface area contributed by atoms with E-state index in [4.69, 9.17) is 11.5 Å². The minimum absolute atomic E-state index is 0.0203. The fourth-order valence-electron chi connectivity index (χ4n) is 4.19. The molecule has 154 valence electrons. The number of phenols is 1. The lowest BCUT2D eigenvalue weighted by atomic mass is 9.78. The average molecular weight is 403 g/mol. The molecular formula is C23H25N5O2. The largest absolute Gasteiger partial charge is 0.508 e. The van der Waals surface area contributed by atoms with Crippen LogP contribution in [0.25, 0.3) is 11.3 Å². The Morgan fingerprint density at radius 2 is 1.87 bits per heavy atom. The summed E-state index contributed by atoms with van der Waals surface area (Å²) in [5, 5.41) is 13.1. The molecule has 0 spiro atoms. The van der Waals surface area contributed by atoms with E-state index in [1.807, 2.05) is 12.1 Å². The quantitative estimate of drug-likeness (QED) is 0.515. The summed E-state index contributed by atoms with van der Waals surface area (Å²) in [6.07, 6.45) is 5.47. The minimum Gasteiger partial charge on any atom is -0.508 e. The summed E-state index contributed by atoms with van der Waals surface area (Å²) in [6.45, 7) is 0. The van der Waals surface area contributed by atoms with E-state index >= 15 is 0 Å². The second kappa shape index (κ2) is 8.51. The van der Waals surface area contributed by atoms with E-state index in [0.717, 1.165) is 42.5 Å². The van der Waals surface area contributed by atoms with E-state index in [1.54, 1.807) is 36.4 Å². The molecule has 1 heterocycles. The van der Waals surface area contributed by atoms with E-state index in [-0.39, 0.29) is 17.7 Å². The molecule has 0 bridgehead atoms. The van der Waals surface area contributed by atoms with Crippen LogP contribution in [0.15, 0.2) is 54.9 Å². The number of nitrogens with zero attached hydrogens (tertiary/aromatic N) is 2. The number of anilines is 2. The van der Waals surface area contributed by atoms with Gasteiger partial charge < -0.3 is 21.9 Å². The normalized spacial score (nSPS) is 18.7. The number of amides is 1. The molecule has 1 aliphatic carbocycles. The number of primary amides is 1. The Hall–Kier alpha value is -3.45. The fourth-order valence-corrected chi connectivity index (χ4v) is 4.19. The first-order valence-electron chi connectivity index (χ1n) is 10.1. The van der Waals surface area contributed by atoms with Crippen molar-refractivity contribution in [2.24, 2.45) is 11.5 Å². The number of nitrogens with one attached hydrogen (secondary N) is 1. The molecule has 1 saturated carbocycles. The summed E-state index contributed by atoms with van der Waals surface area (Å²) in [7, 11) is 0. The Kier molecular flexibility index (Phi) is 5.63. The number of phenolic OH excluding ortho intramolecular Hbond substituents is 1. The lowest BCUT2D eigenvalue weighted by Crippen LogP contribution is -2.33. The number of rotatable bonds is 5. The topological polar surface area (TPSA) is 127 Å². The van der Waals surface area contributed by atoms with Gasteiger partial charge in [0.1, 0.15) is 17.9 Å². The first-order valence-corrected chi connectivity index (χ1v) is 10.1. The van der Waals surface area contributed by atoms with Crippen LogP contribution < -0.4 is 16.8 Å². The summed E-state index contributed by atoms with van der Waals surface area (Å²) in [5.41, 5.74) is 15.7. The molecule has 0 saturated heterocycles. The number of carbonyl (C=O) groups excluding carboxylic acids is 1. The van der Waals surface area contributed by atoms with Crippen molar-refractivity contribution < 1.29 is 9.90 Å². The maximum atomic E-state index is 12.2. The van der Waals surface area contributed by atoms with Crippen molar-refractivity contribution in [2.45, 2.75) is 37.6 Å². The molecule has 2 atom stereocenters. The second-order valence-electron chi connectivity index (χ2n) is 7.65.